The number of carbonyl (C=O) groups is 2. The van der Waals surface area contributed by atoms with Crippen molar-refractivity contribution in [2.75, 3.05) is 28.2 Å². The molecule has 0 spiro atoms. The maximum atomic E-state index is 12.3. The summed E-state index contributed by atoms with van der Waals surface area (Å²) in [4.78, 5) is 23.6. The van der Waals surface area contributed by atoms with E-state index in [9.17, 15) is 18.0 Å². The number of anilines is 3. The topological polar surface area (TPSA) is 114 Å². The predicted octanol–water partition coefficient (Wildman–Crippen LogP) is 1.64. The maximum Gasteiger partial charge on any atom is 0.262 e. The van der Waals surface area contributed by atoms with Crippen LogP contribution in [0.15, 0.2) is 42.5 Å². The zero-order chi connectivity index (χ0) is 18.0. The van der Waals surface area contributed by atoms with Crippen LogP contribution < -0.4 is 20.1 Å². The summed E-state index contributed by atoms with van der Waals surface area (Å²) >= 11 is 0. The lowest BCUT2D eigenvalue weighted by Gasteiger charge is -2.18. The average molecular weight is 361 g/mol. The third-order valence-corrected chi connectivity index (χ3v) is 3.93. The van der Waals surface area contributed by atoms with Crippen molar-refractivity contribution in [3.8, 4) is 5.75 Å². The van der Waals surface area contributed by atoms with E-state index in [0.717, 1.165) is 6.26 Å². The number of hydrogen-bond acceptors (Lipinski definition) is 5. The molecule has 0 bridgehead atoms. The Morgan fingerprint density at radius 1 is 1.12 bits per heavy atom. The first-order valence-electron chi connectivity index (χ1n) is 7.26. The van der Waals surface area contributed by atoms with E-state index >= 15 is 0 Å². The summed E-state index contributed by atoms with van der Waals surface area (Å²) in [6, 6.07) is 11.0. The molecule has 25 heavy (non-hydrogen) atoms. The van der Waals surface area contributed by atoms with E-state index < -0.39 is 10.0 Å². The number of sulfonamides is 1. The van der Waals surface area contributed by atoms with Gasteiger partial charge in [0.15, 0.2) is 6.61 Å². The van der Waals surface area contributed by atoms with Gasteiger partial charge in [-0.2, -0.15) is 0 Å². The second-order valence-electron chi connectivity index (χ2n) is 5.45. The minimum absolute atomic E-state index is 0.0904. The summed E-state index contributed by atoms with van der Waals surface area (Å²) in [6.45, 7) is -0.0904. The number of nitrogens with one attached hydrogen (secondary N) is 3. The van der Waals surface area contributed by atoms with Crippen LogP contribution in [0.3, 0.4) is 0 Å². The van der Waals surface area contributed by atoms with E-state index in [2.05, 4.69) is 15.4 Å². The first-order valence-corrected chi connectivity index (χ1v) is 9.15. The molecule has 3 rings (SSSR count). The molecular formula is C16H15N3O5S. The minimum Gasteiger partial charge on any atom is -0.482 e. The van der Waals surface area contributed by atoms with Crippen molar-refractivity contribution in [1.29, 1.82) is 0 Å². The average Bonchev–Trinajstić information content (AvgIpc) is 2.54. The van der Waals surface area contributed by atoms with Gasteiger partial charge in [-0.3, -0.25) is 14.3 Å². The summed E-state index contributed by atoms with van der Waals surface area (Å²) < 4.78 is 30.0. The fraction of sp³-hybridized carbons (Fsp3) is 0.125. The highest BCUT2D eigenvalue weighted by molar-refractivity contribution is 7.92. The van der Waals surface area contributed by atoms with Gasteiger partial charge in [0.1, 0.15) is 5.75 Å². The highest BCUT2D eigenvalue weighted by Gasteiger charge is 2.18. The van der Waals surface area contributed by atoms with Crippen molar-refractivity contribution < 1.29 is 22.7 Å². The van der Waals surface area contributed by atoms with Crippen molar-refractivity contribution in [2.24, 2.45) is 0 Å². The molecule has 0 fully saturated rings. The van der Waals surface area contributed by atoms with Gasteiger partial charge in [0.25, 0.3) is 11.8 Å². The zero-order valence-corrected chi connectivity index (χ0v) is 14.0. The Bertz CT molecular complexity index is 939. The van der Waals surface area contributed by atoms with Crippen molar-refractivity contribution in [2.45, 2.75) is 0 Å². The number of carbonyl (C=O) groups excluding carboxylic acids is 2. The molecule has 9 heteroatoms. The van der Waals surface area contributed by atoms with Crippen LogP contribution in [0.25, 0.3) is 0 Å². The minimum atomic E-state index is -3.35. The maximum absolute atomic E-state index is 12.3. The van der Waals surface area contributed by atoms with Gasteiger partial charge in [-0.05, 0) is 42.5 Å². The Kier molecular flexibility index (Phi) is 4.32. The van der Waals surface area contributed by atoms with E-state index in [1.165, 1.54) is 0 Å². The van der Waals surface area contributed by atoms with Gasteiger partial charge < -0.3 is 15.4 Å². The molecule has 2 aromatic rings. The molecule has 1 heterocycles. The first-order chi connectivity index (χ1) is 11.8. The second kappa shape index (κ2) is 6.44. The van der Waals surface area contributed by atoms with Gasteiger partial charge in [-0.1, -0.05) is 0 Å². The van der Waals surface area contributed by atoms with E-state index in [-0.39, 0.29) is 18.4 Å². The van der Waals surface area contributed by atoms with Crippen molar-refractivity contribution in [1.82, 2.24) is 0 Å². The lowest BCUT2D eigenvalue weighted by atomic mass is 10.1. The molecule has 1 aliphatic heterocycles. The number of amides is 2. The quantitative estimate of drug-likeness (QED) is 0.766. The Morgan fingerprint density at radius 3 is 2.48 bits per heavy atom. The Hall–Kier alpha value is -3.07. The Labute approximate surface area is 144 Å². The largest absolute Gasteiger partial charge is 0.482 e. The normalized spacial score (nSPS) is 13.2. The molecule has 0 radical (unpaired) electrons. The smallest absolute Gasteiger partial charge is 0.262 e. The molecule has 8 nitrogen and oxygen atoms in total. The molecule has 0 atom stereocenters. The van der Waals surface area contributed by atoms with Crippen LogP contribution in [0.4, 0.5) is 17.1 Å². The molecule has 0 aliphatic carbocycles. The van der Waals surface area contributed by atoms with Crippen LogP contribution in [-0.2, 0) is 14.8 Å². The molecule has 1 aliphatic rings. The molecule has 0 aromatic heterocycles. The van der Waals surface area contributed by atoms with Crippen LogP contribution in [0.5, 0.6) is 5.75 Å². The molecular weight excluding hydrogens is 346 g/mol. The van der Waals surface area contributed by atoms with Gasteiger partial charge in [-0.15, -0.1) is 0 Å². The number of rotatable bonds is 4. The van der Waals surface area contributed by atoms with Crippen LogP contribution in [0.2, 0.25) is 0 Å². The van der Waals surface area contributed by atoms with Gasteiger partial charge in [0.2, 0.25) is 10.0 Å². The van der Waals surface area contributed by atoms with Crippen molar-refractivity contribution in [3.05, 3.63) is 48.0 Å². The molecule has 3 N–H and O–H groups in total. The van der Waals surface area contributed by atoms with Crippen LogP contribution in [-0.4, -0.2) is 33.1 Å². The number of benzene rings is 2. The standard InChI is InChI=1S/C16H15N3O5S/c1-25(22,23)19-12-5-3-11(4-6-12)17-16(21)10-2-7-13-14(8-10)24-9-15(20)18-13/h2-8,19H,9H2,1H3,(H,17,21)(H,18,20). The lowest BCUT2D eigenvalue weighted by Crippen LogP contribution is -2.25. The molecule has 0 unspecified atom stereocenters. The van der Waals surface area contributed by atoms with Crippen LogP contribution in [0.1, 0.15) is 10.4 Å². The summed E-state index contributed by atoms with van der Waals surface area (Å²) in [5.41, 5.74) is 1.80. The molecule has 0 saturated carbocycles. The summed E-state index contributed by atoms with van der Waals surface area (Å²) in [6.07, 6.45) is 1.06. The highest BCUT2D eigenvalue weighted by Crippen LogP contribution is 2.28. The summed E-state index contributed by atoms with van der Waals surface area (Å²) in [7, 11) is -3.35. The Balaban J connectivity index is 1.71. The fourth-order valence-electron chi connectivity index (χ4n) is 2.25. The third-order valence-electron chi connectivity index (χ3n) is 3.32. The van der Waals surface area contributed by atoms with E-state index in [4.69, 9.17) is 4.74 Å². The molecule has 2 aromatic carbocycles. The lowest BCUT2D eigenvalue weighted by molar-refractivity contribution is -0.118. The first kappa shape index (κ1) is 16.8. The fourth-order valence-corrected chi connectivity index (χ4v) is 2.82. The summed E-state index contributed by atoms with van der Waals surface area (Å²) in [5.74, 6) is -0.167. The van der Waals surface area contributed by atoms with Gasteiger partial charge in [0.05, 0.1) is 11.9 Å². The Morgan fingerprint density at radius 2 is 1.80 bits per heavy atom. The van der Waals surface area contributed by atoms with Gasteiger partial charge in [-0.25, -0.2) is 8.42 Å². The van der Waals surface area contributed by atoms with Crippen LogP contribution in [0, 0.1) is 0 Å². The second-order valence-corrected chi connectivity index (χ2v) is 7.20. The number of fused-ring (bicyclic) bond motifs is 1. The third kappa shape index (κ3) is 4.27. The highest BCUT2D eigenvalue weighted by atomic mass is 32.2. The van der Waals surface area contributed by atoms with Crippen LogP contribution >= 0.6 is 0 Å². The van der Waals surface area contributed by atoms with E-state index in [1.807, 2.05) is 0 Å². The van der Waals surface area contributed by atoms with Gasteiger partial charge >= 0.3 is 0 Å². The van der Waals surface area contributed by atoms with Gasteiger partial charge in [0, 0.05) is 16.9 Å². The van der Waals surface area contributed by atoms with Crippen molar-refractivity contribution in [3.63, 3.8) is 0 Å². The zero-order valence-electron chi connectivity index (χ0n) is 13.2. The molecule has 130 valence electrons. The number of hydrogen-bond donors (Lipinski definition) is 3. The predicted molar refractivity (Wildman–Crippen MR) is 93.4 cm³/mol. The molecule has 2 amide bonds. The van der Waals surface area contributed by atoms with E-state index in [0.29, 0.717) is 28.4 Å². The summed E-state index contributed by atoms with van der Waals surface area (Å²) in [5, 5.41) is 5.35. The van der Waals surface area contributed by atoms with E-state index in [1.54, 1.807) is 42.5 Å². The molecule has 0 saturated heterocycles. The SMILES string of the molecule is CS(=O)(=O)Nc1ccc(NC(=O)c2ccc3c(c2)OCC(=O)N3)cc1. The van der Waals surface area contributed by atoms with Crippen molar-refractivity contribution >= 4 is 38.9 Å². The number of ether oxygens (including phenoxy) is 1. The monoisotopic (exact) mass is 361 g/mol.